The maximum Gasteiger partial charge on any atom is 0.169 e. The highest BCUT2D eigenvalue weighted by atomic mass is 16.6. The van der Waals surface area contributed by atoms with Gasteiger partial charge in [0.05, 0.1) is 6.61 Å². The first-order chi connectivity index (χ1) is 10.7. The van der Waals surface area contributed by atoms with Crippen molar-refractivity contribution in [3.63, 3.8) is 0 Å². The molecule has 0 bridgehead atoms. The van der Waals surface area contributed by atoms with Crippen molar-refractivity contribution < 1.29 is 14.2 Å². The first kappa shape index (κ1) is 13.5. The van der Waals surface area contributed by atoms with E-state index in [2.05, 4.69) is 31.2 Å². The molecule has 2 unspecified atom stereocenters. The minimum absolute atomic E-state index is 0.0933. The summed E-state index contributed by atoms with van der Waals surface area (Å²) in [6.07, 6.45) is 1.13. The van der Waals surface area contributed by atoms with Crippen molar-refractivity contribution in [2.24, 2.45) is 5.92 Å². The van der Waals surface area contributed by atoms with E-state index in [9.17, 15) is 0 Å². The van der Waals surface area contributed by atoms with Crippen molar-refractivity contribution in [1.82, 2.24) is 0 Å². The Morgan fingerprint density at radius 3 is 2.50 bits per heavy atom. The van der Waals surface area contributed by atoms with Crippen LogP contribution < -0.4 is 14.2 Å². The van der Waals surface area contributed by atoms with Crippen LogP contribution in [-0.4, -0.2) is 19.3 Å². The molecule has 0 saturated carbocycles. The second kappa shape index (κ2) is 5.24. The van der Waals surface area contributed by atoms with Crippen LogP contribution >= 0.6 is 0 Å². The Morgan fingerprint density at radius 2 is 1.64 bits per heavy atom. The Morgan fingerprint density at radius 1 is 0.864 bits per heavy atom. The fourth-order valence-electron chi connectivity index (χ4n) is 3.22. The number of ether oxygens (including phenoxy) is 3. The van der Waals surface area contributed by atoms with Crippen molar-refractivity contribution >= 4 is 0 Å². The van der Waals surface area contributed by atoms with E-state index >= 15 is 0 Å². The smallest absolute Gasteiger partial charge is 0.169 e. The van der Waals surface area contributed by atoms with Crippen molar-refractivity contribution in [3.05, 3.63) is 42.0 Å². The van der Waals surface area contributed by atoms with Gasteiger partial charge in [-0.15, -0.1) is 0 Å². The van der Waals surface area contributed by atoms with Gasteiger partial charge < -0.3 is 14.2 Å². The summed E-state index contributed by atoms with van der Waals surface area (Å²) in [5.41, 5.74) is 3.56. The molecule has 0 aliphatic carbocycles. The Balaban J connectivity index is 1.85. The third kappa shape index (κ3) is 2.21. The van der Waals surface area contributed by atoms with Crippen LogP contribution in [0.25, 0.3) is 11.1 Å². The highest BCUT2D eigenvalue weighted by molar-refractivity contribution is 5.78. The Hall–Kier alpha value is -2.16. The average molecular weight is 296 g/mol. The molecule has 0 spiro atoms. The van der Waals surface area contributed by atoms with Crippen LogP contribution in [0.1, 0.15) is 19.4 Å². The zero-order valence-corrected chi connectivity index (χ0v) is 13.0. The zero-order chi connectivity index (χ0) is 15.1. The van der Waals surface area contributed by atoms with Crippen LogP contribution in [0.2, 0.25) is 0 Å². The van der Waals surface area contributed by atoms with Crippen LogP contribution in [0.3, 0.4) is 0 Å². The van der Waals surface area contributed by atoms with Crippen LogP contribution in [0.4, 0.5) is 0 Å². The number of fused-ring (bicyclic) bond motifs is 2. The Bertz CT molecular complexity index is 708. The molecule has 0 aromatic heterocycles. The fourth-order valence-corrected chi connectivity index (χ4v) is 3.22. The first-order valence-electron chi connectivity index (χ1n) is 7.90. The standard InChI is InChI=1S/C19H20O3/c1-12-9-16-14(5-3-7-17(16)20-10-12)15-6-4-8-18-19(15)21-11-13(2)22-18/h3-8,12-13H,9-11H2,1-2H3. The molecule has 2 atom stereocenters. The molecular weight excluding hydrogens is 276 g/mol. The number of hydrogen-bond acceptors (Lipinski definition) is 3. The molecule has 2 aromatic carbocycles. The van der Waals surface area contributed by atoms with Crippen LogP contribution in [0.5, 0.6) is 17.2 Å². The van der Waals surface area contributed by atoms with E-state index in [1.807, 2.05) is 19.1 Å². The minimum atomic E-state index is 0.0933. The van der Waals surface area contributed by atoms with Gasteiger partial charge in [-0.25, -0.2) is 0 Å². The van der Waals surface area contributed by atoms with E-state index in [1.165, 1.54) is 11.1 Å². The van der Waals surface area contributed by atoms with Gasteiger partial charge in [0, 0.05) is 11.1 Å². The quantitative estimate of drug-likeness (QED) is 0.793. The van der Waals surface area contributed by atoms with Gasteiger partial charge in [0.1, 0.15) is 18.5 Å². The van der Waals surface area contributed by atoms with Crippen LogP contribution in [0, 0.1) is 5.92 Å². The van der Waals surface area contributed by atoms with E-state index in [1.54, 1.807) is 0 Å². The SMILES string of the molecule is CC1COc2cccc(-c3cccc4c3OCC(C)O4)c2C1. The summed E-state index contributed by atoms with van der Waals surface area (Å²) in [5.74, 6) is 3.22. The monoisotopic (exact) mass is 296 g/mol. The van der Waals surface area contributed by atoms with Crippen LogP contribution in [-0.2, 0) is 6.42 Å². The second-order valence-electron chi connectivity index (χ2n) is 6.27. The lowest BCUT2D eigenvalue weighted by molar-refractivity contribution is 0.105. The van der Waals surface area contributed by atoms with Gasteiger partial charge in [-0.2, -0.15) is 0 Å². The summed E-state index contributed by atoms with van der Waals surface area (Å²) in [5, 5.41) is 0. The topological polar surface area (TPSA) is 27.7 Å². The number of hydrogen-bond donors (Lipinski definition) is 0. The van der Waals surface area contributed by atoms with Gasteiger partial charge >= 0.3 is 0 Å². The van der Waals surface area contributed by atoms with Crippen LogP contribution in [0.15, 0.2) is 36.4 Å². The lowest BCUT2D eigenvalue weighted by Crippen LogP contribution is -2.26. The summed E-state index contributed by atoms with van der Waals surface area (Å²) >= 11 is 0. The van der Waals surface area contributed by atoms with Crippen molar-refractivity contribution in [2.75, 3.05) is 13.2 Å². The highest BCUT2D eigenvalue weighted by Gasteiger charge is 2.25. The fraction of sp³-hybridized carbons (Fsp3) is 0.368. The van der Waals surface area contributed by atoms with Crippen molar-refractivity contribution in [1.29, 1.82) is 0 Å². The number of para-hydroxylation sites is 1. The number of benzene rings is 2. The Labute approximate surface area is 130 Å². The van der Waals surface area contributed by atoms with Gasteiger partial charge in [0.25, 0.3) is 0 Å². The molecule has 0 N–H and O–H groups in total. The molecule has 0 fully saturated rings. The molecule has 4 rings (SSSR count). The molecule has 2 aromatic rings. The average Bonchev–Trinajstić information content (AvgIpc) is 2.53. The summed E-state index contributed by atoms with van der Waals surface area (Å²) in [6, 6.07) is 12.4. The van der Waals surface area contributed by atoms with E-state index in [0.29, 0.717) is 12.5 Å². The lowest BCUT2D eigenvalue weighted by Gasteiger charge is -2.28. The first-order valence-corrected chi connectivity index (χ1v) is 7.90. The van der Waals surface area contributed by atoms with Gasteiger partial charge in [-0.05, 0) is 37.0 Å². The maximum absolute atomic E-state index is 5.97. The summed E-state index contributed by atoms with van der Waals surface area (Å²) in [7, 11) is 0. The third-order valence-corrected chi connectivity index (χ3v) is 4.27. The molecule has 2 aliphatic heterocycles. The molecule has 2 heterocycles. The minimum Gasteiger partial charge on any atom is -0.493 e. The molecule has 0 saturated heterocycles. The van der Waals surface area contributed by atoms with E-state index < -0.39 is 0 Å². The predicted molar refractivity (Wildman–Crippen MR) is 85.8 cm³/mol. The van der Waals surface area contributed by atoms with Crippen molar-refractivity contribution in [2.45, 2.75) is 26.4 Å². The molecule has 3 nitrogen and oxygen atoms in total. The molecule has 22 heavy (non-hydrogen) atoms. The van der Waals surface area contributed by atoms with E-state index in [4.69, 9.17) is 14.2 Å². The zero-order valence-electron chi connectivity index (χ0n) is 13.0. The Kier molecular flexibility index (Phi) is 3.21. The summed E-state index contributed by atoms with van der Waals surface area (Å²) in [4.78, 5) is 0. The molecule has 3 heteroatoms. The maximum atomic E-state index is 5.97. The lowest BCUT2D eigenvalue weighted by atomic mass is 9.90. The largest absolute Gasteiger partial charge is 0.493 e. The van der Waals surface area contributed by atoms with Gasteiger partial charge in [0.2, 0.25) is 0 Å². The molecular formula is C19H20O3. The summed E-state index contributed by atoms with van der Waals surface area (Å²) < 4.78 is 17.8. The molecule has 114 valence electrons. The predicted octanol–water partition coefficient (Wildman–Crippen LogP) is 4.08. The van der Waals surface area contributed by atoms with Gasteiger partial charge in [-0.3, -0.25) is 0 Å². The van der Waals surface area contributed by atoms with E-state index in [-0.39, 0.29) is 6.10 Å². The van der Waals surface area contributed by atoms with Gasteiger partial charge in [-0.1, -0.05) is 31.2 Å². The molecule has 0 radical (unpaired) electrons. The van der Waals surface area contributed by atoms with Crippen molar-refractivity contribution in [3.8, 4) is 28.4 Å². The summed E-state index contributed by atoms with van der Waals surface area (Å²) in [6.45, 7) is 5.63. The number of rotatable bonds is 1. The van der Waals surface area contributed by atoms with E-state index in [0.717, 1.165) is 35.8 Å². The second-order valence-corrected chi connectivity index (χ2v) is 6.27. The molecule has 0 amide bonds. The van der Waals surface area contributed by atoms with Gasteiger partial charge in [0.15, 0.2) is 11.5 Å². The third-order valence-electron chi connectivity index (χ3n) is 4.27. The molecule has 2 aliphatic rings. The highest BCUT2D eigenvalue weighted by Crippen LogP contribution is 2.44. The normalized spacial score (nSPS) is 22.6.